The SMILES string of the molecule is CCCCC(CN)NC(=O)C1CCN(S(=O)(=O)c2ccc(C)cc2)CC1. The average molecular weight is 382 g/mol. The lowest BCUT2D eigenvalue weighted by Gasteiger charge is -2.31. The Morgan fingerprint density at radius 2 is 1.88 bits per heavy atom. The smallest absolute Gasteiger partial charge is 0.243 e. The molecule has 7 heteroatoms. The molecule has 0 spiro atoms. The molecule has 3 N–H and O–H groups in total. The Hall–Kier alpha value is -1.44. The van der Waals surface area contributed by atoms with Gasteiger partial charge in [-0.1, -0.05) is 37.5 Å². The molecule has 1 heterocycles. The molecule has 0 saturated carbocycles. The average Bonchev–Trinajstić information content (AvgIpc) is 2.65. The maximum absolute atomic E-state index is 12.7. The molecule has 0 aliphatic carbocycles. The maximum Gasteiger partial charge on any atom is 0.243 e. The Morgan fingerprint density at radius 1 is 1.27 bits per heavy atom. The maximum atomic E-state index is 12.7. The molecular formula is C19H31N3O3S. The number of hydrogen-bond acceptors (Lipinski definition) is 4. The van der Waals surface area contributed by atoms with Gasteiger partial charge in [-0.15, -0.1) is 0 Å². The van der Waals surface area contributed by atoms with Gasteiger partial charge < -0.3 is 11.1 Å². The molecule has 6 nitrogen and oxygen atoms in total. The van der Waals surface area contributed by atoms with E-state index < -0.39 is 10.0 Å². The summed E-state index contributed by atoms with van der Waals surface area (Å²) in [7, 11) is -3.49. The summed E-state index contributed by atoms with van der Waals surface area (Å²) >= 11 is 0. The second-order valence-corrected chi connectivity index (χ2v) is 9.01. The minimum Gasteiger partial charge on any atom is -0.352 e. The number of aryl methyl sites for hydroxylation is 1. The third-order valence-corrected chi connectivity index (χ3v) is 6.93. The highest BCUT2D eigenvalue weighted by Crippen LogP contribution is 2.24. The van der Waals surface area contributed by atoms with Crippen LogP contribution in [0.4, 0.5) is 0 Å². The number of amides is 1. The first-order chi connectivity index (χ1) is 12.4. The van der Waals surface area contributed by atoms with Gasteiger partial charge >= 0.3 is 0 Å². The van der Waals surface area contributed by atoms with Gasteiger partial charge in [-0.2, -0.15) is 4.31 Å². The van der Waals surface area contributed by atoms with Crippen LogP contribution in [0.5, 0.6) is 0 Å². The number of rotatable bonds is 8. The number of nitrogens with zero attached hydrogens (tertiary/aromatic N) is 1. The number of nitrogens with two attached hydrogens (primary N) is 1. The first-order valence-electron chi connectivity index (χ1n) is 9.45. The predicted octanol–water partition coefficient (Wildman–Crippen LogP) is 2.03. The lowest BCUT2D eigenvalue weighted by atomic mass is 9.96. The van der Waals surface area contributed by atoms with E-state index in [9.17, 15) is 13.2 Å². The fraction of sp³-hybridized carbons (Fsp3) is 0.632. The van der Waals surface area contributed by atoms with Crippen molar-refractivity contribution in [2.45, 2.75) is 56.9 Å². The second-order valence-electron chi connectivity index (χ2n) is 7.07. The van der Waals surface area contributed by atoms with Gasteiger partial charge in [0, 0.05) is 31.6 Å². The minimum absolute atomic E-state index is 0.00365. The standard InChI is InChI=1S/C19H31N3O3S/c1-3-4-5-17(14-20)21-19(23)16-10-12-22(13-11-16)26(24,25)18-8-6-15(2)7-9-18/h6-9,16-17H,3-5,10-14,20H2,1-2H3,(H,21,23). The molecule has 1 aliphatic rings. The number of carbonyl (C=O) groups is 1. The van der Waals surface area contributed by atoms with Crippen LogP contribution in [0.3, 0.4) is 0 Å². The van der Waals surface area contributed by atoms with Crippen LogP contribution in [0, 0.1) is 12.8 Å². The molecule has 1 fully saturated rings. The highest BCUT2D eigenvalue weighted by atomic mass is 32.2. The van der Waals surface area contributed by atoms with Crippen LogP contribution in [0.25, 0.3) is 0 Å². The van der Waals surface area contributed by atoms with E-state index in [0.29, 0.717) is 37.4 Å². The van der Waals surface area contributed by atoms with Crippen molar-refractivity contribution >= 4 is 15.9 Å². The van der Waals surface area contributed by atoms with Crippen LogP contribution in [0.2, 0.25) is 0 Å². The Morgan fingerprint density at radius 3 is 2.42 bits per heavy atom. The van der Waals surface area contributed by atoms with Crippen molar-refractivity contribution in [2.75, 3.05) is 19.6 Å². The predicted molar refractivity (Wildman–Crippen MR) is 103 cm³/mol. The summed E-state index contributed by atoms with van der Waals surface area (Å²) in [5.74, 6) is -0.140. The van der Waals surface area contributed by atoms with Gasteiger partial charge in [-0.3, -0.25) is 4.79 Å². The van der Waals surface area contributed by atoms with Crippen molar-refractivity contribution in [3.63, 3.8) is 0 Å². The Kier molecular flexibility index (Phi) is 7.61. The molecule has 1 aliphatic heterocycles. The molecule has 0 bridgehead atoms. The topological polar surface area (TPSA) is 92.5 Å². The molecule has 1 aromatic carbocycles. The number of piperidine rings is 1. The number of benzene rings is 1. The van der Waals surface area contributed by atoms with Gasteiger partial charge in [0.25, 0.3) is 0 Å². The zero-order valence-electron chi connectivity index (χ0n) is 15.8. The molecule has 26 heavy (non-hydrogen) atoms. The molecule has 1 amide bonds. The Bertz CT molecular complexity index is 680. The van der Waals surface area contributed by atoms with Gasteiger partial charge in [-0.25, -0.2) is 8.42 Å². The van der Waals surface area contributed by atoms with Crippen LogP contribution in [-0.2, 0) is 14.8 Å². The lowest BCUT2D eigenvalue weighted by molar-refractivity contribution is -0.126. The van der Waals surface area contributed by atoms with Crippen LogP contribution >= 0.6 is 0 Å². The van der Waals surface area contributed by atoms with Gasteiger partial charge in [0.15, 0.2) is 0 Å². The fourth-order valence-corrected chi connectivity index (χ4v) is 4.71. The zero-order chi connectivity index (χ0) is 19.2. The van der Waals surface area contributed by atoms with Crippen LogP contribution in [0.15, 0.2) is 29.2 Å². The van der Waals surface area contributed by atoms with Crippen molar-refractivity contribution in [3.05, 3.63) is 29.8 Å². The molecule has 1 atom stereocenters. The second kappa shape index (κ2) is 9.48. The number of carbonyl (C=O) groups excluding carboxylic acids is 1. The van der Waals surface area contributed by atoms with Gasteiger partial charge in [-0.05, 0) is 38.3 Å². The third kappa shape index (κ3) is 5.28. The van der Waals surface area contributed by atoms with Crippen LogP contribution in [-0.4, -0.2) is 44.3 Å². The first kappa shape index (κ1) is 20.9. The van der Waals surface area contributed by atoms with E-state index >= 15 is 0 Å². The summed E-state index contributed by atoms with van der Waals surface area (Å²) in [5.41, 5.74) is 6.77. The van der Waals surface area contributed by atoms with Gasteiger partial charge in [0.1, 0.15) is 0 Å². The highest BCUT2D eigenvalue weighted by Gasteiger charge is 2.32. The van der Waals surface area contributed by atoms with Crippen molar-refractivity contribution in [1.29, 1.82) is 0 Å². The molecule has 2 rings (SSSR count). The third-order valence-electron chi connectivity index (χ3n) is 5.02. The summed E-state index contributed by atoms with van der Waals surface area (Å²) in [6, 6.07) is 6.90. The van der Waals surface area contributed by atoms with Crippen LogP contribution < -0.4 is 11.1 Å². The molecule has 0 aromatic heterocycles. The Labute approximate surface area is 157 Å². The van der Waals surface area contributed by atoms with E-state index in [1.807, 2.05) is 6.92 Å². The van der Waals surface area contributed by atoms with E-state index in [1.54, 1.807) is 24.3 Å². The van der Waals surface area contributed by atoms with E-state index in [2.05, 4.69) is 12.2 Å². The quantitative estimate of drug-likeness (QED) is 0.721. The summed E-state index contributed by atoms with van der Waals surface area (Å²) in [6.45, 7) is 5.22. The van der Waals surface area contributed by atoms with E-state index in [-0.39, 0.29) is 17.9 Å². The van der Waals surface area contributed by atoms with Crippen molar-refractivity contribution in [1.82, 2.24) is 9.62 Å². The largest absolute Gasteiger partial charge is 0.352 e. The number of nitrogens with one attached hydrogen (secondary N) is 1. The van der Waals surface area contributed by atoms with E-state index in [4.69, 9.17) is 5.73 Å². The van der Waals surface area contributed by atoms with Crippen molar-refractivity contribution in [2.24, 2.45) is 11.7 Å². The normalized spacial score (nSPS) is 17.8. The number of unbranched alkanes of at least 4 members (excludes halogenated alkanes) is 1. The van der Waals surface area contributed by atoms with Crippen molar-refractivity contribution < 1.29 is 13.2 Å². The fourth-order valence-electron chi connectivity index (χ4n) is 3.24. The lowest BCUT2D eigenvalue weighted by Crippen LogP contribution is -2.47. The summed E-state index contributed by atoms with van der Waals surface area (Å²) in [4.78, 5) is 12.8. The minimum atomic E-state index is -3.49. The molecule has 1 aromatic rings. The highest BCUT2D eigenvalue weighted by molar-refractivity contribution is 7.89. The van der Waals surface area contributed by atoms with E-state index in [1.165, 1.54) is 4.31 Å². The number of sulfonamides is 1. The van der Waals surface area contributed by atoms with Gasteiger partial charge in [0.2, 0.25) is 15.9 Å². The van der Waals surface area contributed by atoms with Gasteiger partial charge in [0.05, 0.1) is 4.90 Å². The molecular weight excluding hydrogens is 350 g/mol. The summed E-state index contributed by atoms with van der Waals surface area (Å²) in [5, 5.41) is 3.03. The molecule has 1 saturated heterocycles. The molecule has 1 unspecified atom stereocenters. The molecule has 146 valence electrons. The molecule has 0 radical (unpaired) electrons. The monoisotopic (exact) mass is 381 g/mol. The Balaban J connectivity index is 1.91. The van der Waals surface area contributed by atoms with E-state index in [0.717, 1.165) is 24.8 Å². The summed E-state index contributed by atoms with van der Waals surface area (Å²) in [6.07, 6.45) is 4.08. The zero-order valence-corrected chi connectivity index (χ0v) is 16.6. The summed E-state index contributed by atoms with van der Waals surface area (Å²) < 4.78 is 26.9. The first-order valence-corrected chi connectivity index (χ1v) is 10.9. The van der Waals surface area contributed by atoms with Crippen LogP contribution in [0.1, 0.15) is 44.6 Å². The van der Waals surface area contributed by atoms with Crippen molar-refractivity contribution in [3.8, 4) is 0 Å². The number of hydrogen-bond donors (Lipinski definition) is 2.